The van der Waals surface area contributed by atoms with Gasteiger partial charge in [0.15, 0.2) is 11.0 Å². The van der Waals surface area contributed by atoms with E-state index in [0.717, 1.165) is 17.0 Å². The average molecular weight is 473 g/mol. The first kappa shape index (κ1) is 22.5. The lowest BCUT2D eigenvalue weighted by molar-refractivity contribution is -0.115. The van der Waals surface area contributed by atoms with Crippen LogP contribution in [0.25, 0.3) is 11.6 Å². The van der Waals surface area contributed by atoms with Gasteiger partial charge in [-0.25, -0.2) is 9.37 Å². The van der Waals surface area contributed by atoms with E-state index in [1.807, 2.05) is 36.4 Å². The van der Waals surface area contributed by atoms with Crippen molar-refractivity contribution in [2.24, 2.45) is 0 Å². The summed E-state index contributed by atoms with van der Waals surface area (Å²) in [6.45, 7) is 1.32. The summed E-state index contributed by atoms with van der Waals surface area (Å²) in [6, 6.07) is 17.2. The van der Waals surface area contributed by atoms with Crippen molar-refractivity contribution in [3.05, 3.63) is 77.3 Å². The molecule has 3 N–H and O–H groups in total. The lowest BCUT2D eigenvalue weighted by Crippen LogP contribution is -2.23. The lowest BCUT2D eigenvalue weighted by Gasteiger charge is -2.18. The highest BCUT2D eigenvalue weighted by atomic mass is 32.1. The number of anilines is 5. The number of benzene rings is 2. The summed E-state index contributed by atoms with van der Waals surface area (Å²) in [5.41, 5.74) is 7.10. The Labute approximate surface area is 198 Å². The first-order valence-electron chi connectivity index (χ1n) is 9.91. The number of carbonyl (C=O) groups excluding carboxylic acids is 1. The number of thiazole rings is 1. The van der Waals surface area contributed by atoms with E-state index in [9.17, 15) is 14.4 Å². The minimum atomic E-state index is -0.554. The van der Waals surface area contributed by atoms with E-state index in [2.05, 4.69) is 25.3 Å². The van der Waals surface area contributed by atoms with Crippen molar-refractivity contribution < 1.29 is 9.18 Å². The van der Waals surface area contributed by atoms with E-state index >= 15 is 0 Å². The molecular formula is C23H17FN8OS. The van der Waals surface area contributed by atoms with Gasteiger partial charge in [0, 0.05) is 18.0 Å². The molecule has 4 rings (SSSR count). The van der Waals surface area contributed by atoms with E-state index in [1.54, 1.807) is 11.4 Å². The molecular weight excluding hydrogens is 455 g/mol. The first-order valence-corrected chi connectivity index (χ1v) is 10.8. The molecule has 0 aliphatic rings. The summed E-state index contributed by atoms with van der Waals surface area (Å²) in [5.74, 6) is -0.790. The van der Waals surface area contributed by atoms with E-state index in [0.29, 0.717) is 5.69 Å². The zero-order valence-corrected chi connectivity index (χ0v) is 18.6. The molecule has 2 aromatic carbocycles. The standard InChI is InChI=1S/C23H17FN8OS/c1-14(33)32(19-10-6-5-9-18(19)24)23-28-17(13-34-23)11-15(12-25)20-29-21(26)31-22(30-20)27-16-7-3-2-4-8-16/h2-11,13H,1H3,(H3,26,27,29,30,31)/b15-11+. The number of rotatable bonds is 6. The molecule has 2 aromatic heterocycles. The second-order valence-electron chi connectivity index (χ2n) is 6.86. The minimum absolute atomic E-state index is 0.0560. The Hall–Kier alpha value is -4.69. The number of halogens is 1. The van der Waals surface area contributed by atoms with Crippen LogP contribution in [0.2, 0.25) is 0 Å². The van der Waals surface area contributed by atoms with Gasteiger partial charge in [-0.1, -0.05) is 30.3 Å². The molecule has 2 heterocycles. The lowest BCUT2D eigenvalue weighted by atomic mass is 10.2. The van der Waals surface area contributed by atoms with Gasteiger partial charge in [0.2, 0.25) is 17.8 Å². The van der Waals surface area contributed by atoms with Crippen LogP contribution in [-0.4, -0.2) is 25.8 Å². The number of nitrogens with one attached hydrogen (secondary N) is 1. The number of aromatic nitrogens is 4. The third-order valence-corrected chi connectivity index (χ3v) is 5.29. The molecule has 0 atom stereocenters. The van der Waals surface area contributed by atoms with Crippen LogP contribution in [0.3, 0.4) is 0 Å². The Balaban J connectivity index is 1.66. The number of nitrogen functional groups attached to an aromatic ring is 1. The van der Waals surface area contributed by atoms with Gasteiger partial charge >= 0.3 is 0 Å². The predicted molar refractivity (Wildman–Crippen MR) is 129 cm³/mol. The fraction of sp³-hybridized carbons (Fsp3) is 0.0435. The Morgan fingerprint density at radius 2 is 1.85 bits per heavy atom. The molecule has 34 heavy (non-hydrogen) atoms. The summed E-state index contributed by atoms with van der Waals surface area (Å²) in [7, 11) is 0. The van der Waals surface area contributed by atoms with Gasteiger partial charge in [-0.15, -0.1) is 11.3 Å². The van der Waals surface area contributed by atoms with Crippen LogP contribution in [0, 0.1) is 17.1 Å². The Morgan fingerprint density at radius 1 is 1.12 bits per heavy atom. The van der Waals surface area contributed by atoms with Crippen molar-refractivity contribution in [2.45, 2.75) is 6.92 Å². The van der Waals surface area contributed by atoms with Crippen molar-refractivity contribution >= 4 is 57.3 Å². The largest absolute Gasteiger partial charge is 0.368 e. The Bertz CT molecular complexity index is 1410. The van der Waals surface area contributed by atoms with Crippen LogP contribution in [0.15, 0.2) is 60.0 Å². The van der Waals surface area contributed by atoms with Crippen LogP contribution in [0.1, 0.15) is 18.4 Å². The highest BCUT2D eigenvalue weighted by Gasteiger charge is 2.21. The van der Waals surface area contributed by atoms with Crippen LogP contribution < -0.4 is 16.0 Å². The van der Waals surface area contributed by atoms with E-state index < -0.39 is 11.7 Å². The van der Waals surface area contributed by atoms with Crippen LogP contribution in [0.5, 0.6) is 0 Å². The minimum Gasteiger partial charge on any atom is -0.368 e. The van der Waals surface area contributed by atoms with E-state index in [1.165, 1.54) is 36.1 Å². The molecule has 0 spiro atoms. The predicted octanol–water partition coefficient (Wildman–Crippen LogP) is 4.54. The molecule has 9 nitrogen and oxygen atoms in total. The topological polar surface area (TPSA) is 134 Å². The van der Waals surface area contributed by atoms with Gasteiger partial charge in [-0.2, -0.15) is 20.2 Å². The Kier molecular flexibility index (Phi) is 6.52. The number of hydrogen-bond acceptors (Lipinski definition) is 9. The second-order valence-corrected chi connectivity index (χ2v) is 7.70. The third-order valence-electron chi connectivity index (χ3n) is 4.45. The highest BCUT2D eigenvalue weighted by Crippen LogP contribution is 2.31. The molecule has 0 unspecified atom stereocenters. The monoisotopic (exact) mass is 472 g/mol. The average Bonchev–Trinajstić information content (AvgIpc) is 3.27. The number of nitrogens with two attached hydrogens (primary N) is 1. The van der Waals surface area contributed by atoms with Gasteiger partial charge in [-0.05, 0) is 30.3 Å². The summed E-state index contributed by atoms with van der Waals surface area (Å²) in [4.78, 5) is 30.2. The second kappa shape index (κ2) is 9.85. The quantitative estimate of drug-likeness (QED) is 0.391. The number of para-hydroxylation sites is 2. The third kappa shape index (κ3) is 5.03. The number of allylic oxidation sites excluding steroid dienone is 1. The van der Waals surface area contributed by atoms with Gasteiger partial charge in [0.1, 0.15) is 11.9 Å². The Morgan fingerprint density at radius 3 is 2.56 bits per heavy atom. The molecule has 0 saturated heterocycles. The van der Waals surface area contributed by atoms with Crippen molar-refractivity contribution in [1.29, 1.82) is 5.26 Å². The summed E-state index contributed by atoms with van der Waals surface area (Å²) in [6.07, 6.45) is 1.46. The fourth-order valence-electron chi connectivity index (χ4n) is 3.00. The van der Waals surface area contributed by atoms with Gasteiger partial charge in [0.05, 0.1) is 17.0 Å². The zero-order chi connectivity index (χ0) is 24.1. The summed E-state index contributed by atoms with van der Waals surface area (Å²) < 4.78 is 14.3. The molecule has 0 radical (unpaired) electrons. The van der Waals surface area contributed by atoms with Gasteiger partial charge in [0.25, 0.3) is 0 Å². The van der Waals surface area contributed by atoms with Crippen molar-refractivity contribution in [3.8, 4) is 6.07 Å². The van der Waals surface area contributed by atoms with E-state index in [4.69, 9.17) is 5.73 Å². The molecule has 11 heteroatoms. The SMILES string of the molecule is CC(=O)N(c1nc(/C=C(\C#N)c2nc(N)nc(Nc3ccccc3)n2)cs1)c1ccccc1F. The molecule has 0 aliphatic carbocycles. The number of nitriles is 1. The first-order chi connectivity index (χ1) is 16.4. The number of carbonyl (C=O) groups is 1. The maximum atomic E-state index is 14.3. The van der Waals surface area contributed by atoms with Crippen molar-refractivity contribution in [3.63, 3.8) is 0 Å². The van der Waals surface area contributed by atoms with E-state index in [-0.39, 0.29) is 34.1 Å². The molecule has 4 aromatic rings. The van der Waals surface area contributed by atoms with Crippen molar-refractivity contribution in [1.82, 2.24) is 19.9 Å². The maximum Gasteiger partial charge on any atom is 0.232 e. The highest BCUT2D eigenvalue weighted by molar-refractivity contribution is 7.14. The fourth-order valence-corrected chi connectivity index (χ4v) is 3.84. The molecule has 0 saturated carbocycles. The molecule has 1 amide bonds. The number of amides is 1. The normalized spacial score (nSPS) is 11.0. The summed E-state index contributed by atoms with van der Waals surface area (Å²) >= 11 is 1.13. The van der Waals surface area contributed by atoms with Gasteiger partial charge < -0.3 is 11.1 Å². The smallest absolute Gasteiger partial charge is 0.232 e. The molecule has 0 bridgehead atoms. The van der Waals surface area contributed by atoms with Crippen molar-refractivity contribution in [2.75, 3.05) is 16.0 Å². The number of nitrogens with zero attached hydrogens (tertiary/aromatic N) is 6. The van der Waals surface area contributed by atoms with Crippen LogP contribution in [0.4, 0.5) is 32.8 Å². The van der Waals surface area contributed by atoms with Crippen LogP contribution in [-0.2, 0) is 4.79 Å². The number of hydrogen-bond donors (Lipinski definition) is 2. The molecule has 0 aliphatic heterocycles. The molecule has 168 valence electrons. The zero-order valence-electron chi connectivity index (χ0n) is 17.8. The molecule has 0 fully saturated rings. The summed E-state index contributed by atoms with van der Waals surface area (Å²) in [5, 5.41) is 14.6. The maximum absolute atomic E-state index is 14.3. The van der Waals surface area contributed by atoms with Gasteiger partial charge in [-0.3, -0.25) is 9.69 Å². The van der Waals surface area contributed by atoms with Crippen LogP contribution >= 0.6 is 11.3 Å².